The zero-order valence-corrected chi connectivity index (χ0v) is 12.2. The average Bonchev–Trinajstić information content (AvgIpc) is 2.90. The number of nitrogens with zero attached hydrogens (tertiary/aromatic N) is 1. The van der Waals surface area contributed by atoms with Crippen molar-refractivity contribution in [2.75, 3.05) is 10.6 Å². The van der Waals surface area contributed by atoms with Crippen molar-refractivity contribution in [2.45, 2.75) is 5.92 Å². The number of hydrogen-bond donors (Lipinski definition) is 2. The maximum Gasteiger partial charge on any atom is 0.292 e. The molecular formula is C16H11N3O5. The van der Waals surface area contributed by atoms with Gasteiger partial charge in [-0.25, -0.2) is 0 Å². The molecule has 24 heavy (non-hydrogen) atoms. The van der Waals surface area contributed by atoms with Crippen molar-refractivity contribution in [1.29, 1.82) is 0 Å². The normalized spacial score (nSPS) is 15.3. The highest BCUT2D eigenvalue weighted by Gasteiger charge is 2.39. The number of para-hydroxylation sites is 1. The Kier molecular flexibility index (Phi) is 3.78. The van der Waals surface area contributed by atoms with Gasteiger partial charge in [0.2, 0.25) is 11.7 Å². The van der Waals surface area contributed by atoms with Gasteiger partial charge in [0.25, 0.3) is 11.6 Å². The van der Waals surface area contributed by atoms with Crippen LogP contribution in [0.2, 0.25) is 0 Å². The SMILES string of the molecule is O=C(Nc1ccc([N+](=O)[O-])cc1)C(=O)C1C(=O)Nc2ccccc21. The van der Waals surface area contributed by atoms with E-state index < -0.39 is 28.4 Å². The fourth-order valence-corrected chi connectivity index (χ4v) is 2.46. The van der Waals surface area contributed by atoms with Gasteiger partial charge in [-0.1, -0.05) is 18.2 Å². The molecule has 0 radical (unpaired) electrons. The lowest BCUT2D eigenvalue weighted by Crippen LogP contribution is -2.31. The van der Waals surface area contributed by atoms with Crippen LogP contribution >= 0.6 is 0 Å². The zero-order chi connectivity index (χ0) is 17.3. The van der Waals surface area contributed by atoms with E-state index in [0.717, 1.165) is 0 Å². The summed E-state index contributed by atoms with van der Waals surface area (Å²) in [5.74, 6) is -3.60. The highest BCUT2D eigenvalue weighted by atomic mass is 16.6. The third-order valence-electron chi connectivity index (χ3n) is 3.61. The smallest absolute Gasteiger partial charge is 0.292 e. The molecule has 1 aliphatic heterocycles. The maximum absolute atomic E-state index is 12.3. The van der Waals surface area contributed by atoms with Crippen LogP contribution in [0, 0.1) is 10.1 Å². The number of rotatable bonds is 4. The lowest BCUT2D eigenvalue weighted by molar-refractivity contribution is -0.384. The van der Waals surface area contributed by atoms with E-state index in [1.165, 1.54) is 24.3 Å². The molecule has 120 valence electrons. The molecule has 0 aromatic heterocycles. The second-order valence-electron chi connectivity index (χ2n) is 5.13. The summed E-state index contributed by atoms with van der Waals surface area (Å²) < 4.78 is 0. The van der Waals surface area contributed by atoms with Crippen molar-refractivity contribution >= 4 is 34.7 Å². The Labute approximate surface area is 135 Å². The van der Waals surface area contributed by atoms with E-state index in [-0.39, 0.29) is 11.4 Å². The van der Waals surface area contributed by atoms with E-state index >= 15 is 0 Å². The van der Waals surface area contributed by atoms with Crippen LogP contribution < -0.4 is 10.6 Å². The van der Waals surface area contributed by atoms with E-state index in [9.17, 15) is 24.5 Å². The van der Waals surface area contributed by atoms with E-state index in [4.69, 9.17) is 0 Å². The molecule has 1 aliphatic rings. The predicted molar refractivity (Wildman–Crippen MR) is 84.5 cm³/mol. The zero-order valence-electron chi connectivity index (χ0n) is 12.2. The van der Waals surface area contributed by atoms with Gasteiger partial charge in [-0.2, -0.15) is 0 Å². The Morgan fingerprint density at radius 2 is 1.75 bits per heavy atom. The molecule has 1 atom stereocenters. The summed E-state index contributed by atoms with van der Waals surface area (Å²) in [5, 5.41) is 15.5. The number of Topliss-reactive ketones (excluding diaryl/α,β-unsaturated/α-hetero) is 1. The first-order valence-electron chi connectivity index (χ1n) is 6.97. The average molecular weight is 325 g/mol. The fraction of sp³-hybridized carbons (Fsp3) is 0.0625. The molecule has 2 aromatic carbocycles. The van der Waals surface area contributed by atoms with E-state index in [1.807, 2.05) is 0 Å². The number of hydrogen-bond acceptors (Lipinski definition) is 5. The molecule has 3 rings (SSSR count). The monoisotopic (exact) mass is 325 g/mol. The molecule has 0 bridgehead atoms. The molecule has 0 saturated carbocycles. The van der Waals surface area contributed by atoms with Crippen LogP contribution in [-0.2, 0) is 14.4 Å². The second-order valence-corrected chi connectivity index (χ2v) is 5.13. The van der Waals surface area contributed by atoms with Crippen LogP contribution in [0.5, 0.6) is 0 Å². The maximum atomic E-state index is 12.3. The molecule has 0 aliphatic carbocycles. The first kappa shape index (κ1) is 15.3. The minimum Gasteiger partial charge on any atom is -0.325 e. The fourth-order valence-electron chi connectivity index (χ4n) is 2.46. The molecule has 2 aromatic rings. The number of nitro groups is 1. The van der Waals surface area contributed by atoms with E-state index in [1.54, 1.807) is 24.3 Å². The van der Waals surface area contributed by atoms with Gasteiger partial charge in [0.1, 0.15) is 5.92 Å². The van der Waals surface area contributed by atoms with Crippen LogP contribution in [0.15, 0.2) is 48.5 Å². The number of fused-ring (bicyclic) bond motifs is 1. The first-order chi connectivity index (χ1) is 11.5. The number of carbonyl (C=O) groups excluding carboxylic acids is 3. The Morgan fingerprint density at radius 1 is 1.08 bits per heavy atom. The number of non-ortho nitro benzene ring substituents is 1. The Balaban J connectivity index is 1.77. The Hall–Kier alpha value is -3.55. The lowest BCUT2D eigenvalue weighted by Gasteiger charge is -2.08. The van der Waals surface area contributed by atoms with Crippen molar-refractivity contribution < 1.29 is 19.3 Å². The molecule has 8 nitrogen and oxygen atoms in total. The van der Waals surface area contributed by atoms with Crippen molar-refractivity contribution in [2.24, 2.45) is 0 Å². The van der Waals surface area contributed by atoms with Gasteiger partial charge in [-0.15, -0.1) is 0 Å². The standard InChI is InChI=1S/C16H11N3O5/c20-14(13-11-3-1-2-4-12(11)18-15(13)21)16(22)17-9-5-7-10(8-6-9)19(23)24/h1-8,13H,(H,17,22)(H,18,21). The Bertz CT molecular complexity index is 860. The third kappa shape index (κ3) is 2.72. The van der Waals surface area contributed by atoms with Crippen LogP contribution in [0.3, 0.4) is 0 Å². The van der Waals surface area contributed by atoms with Crippen molar-refractivity contribution in [1.82, 2.24) is 0 Å². The number of carbonyl (C=O) groups is 3. The summed E-state index contributed by atoms with van der Waals surface area (Å²) in [4.78, 5) is 46.4. The van der Waals surface area contributed by atoms with Gasteiger partial charge in [0, 0.05) is 23.5 Å². The van der Waals surface area contributed by atoms with Gasteiger partial charge in [-0.3, -0.25) is 24.5 Å². The van der Waals surface area contributed by atoms with Gasteiger partial charge >= 0.3 is 0 Å². The van der Waals surface area contributed by atoms with Crippen molar-refractivity contribution in [3.05, 3.63) is 64.2 Å². The van der Waals surface area contributed by atoms with E-state index in [2.05, 4.69) is 10.6 Å². The molecule has 0 saturated heterocycles. The minimum absolute atomic E-state index is 0.136. The summed E-state index contributed by atoms with van der Waals surface area (Å²) in [6, 6.07) is 11.7. The Morgan fingerprint density at radius 3 is 2.42 bits per heavy atom. The number of anilines is 2. The minimum atomic E-state index is -1.20. The summed E-state index contributed by atoms with van der Waals surface area (Å²) in [6.45, 7) is 0. The topological polar surface area (TPSA) is 118 Å². The number of ketones is 1. The third-order valence-corrected chi connectivity index (χ3v) is 3.61. The van der Waals surface area contributed by atoms with Crippen molar-refractivity contribution in [3.63, 3.8) is 0 Å². The summed E-state index contributed by atoms with van der Waals surface area (Å²) in [7, 11) is 0. The summed E-state index contributed by atoms with van der Waals surface area (Å²) >= 11 is 0. The summed E-state index contributed by atoms with van der Waals surface area (Å²) in [6.07, 6.45) is 0. The van der Waals surface area contributed by atoms with Gasteiger partial charge in [0.05, 0.1) is 4.92 Å². The molecule has 2 amide bonds. The first-order valence-corrected chi connectivity index (χ1v) is 6.97. The molecule has 8 heteroatoms. The molecular weight excluding hydrogens is 314 g/mol. The van der Waals surface area contributed by atoms with Gasteiger partial charge in [0.15, 0.2) is 0 Å². The van der Waals surface area contributed by atoms with Gasteiger partial charge in [-0.05, 0) is 23.8 Å². The number of amides is 2. The molecule has 1 unspecified atom stereocenters. The molecule has 0 fully saturated rings. The molecule has 2 N–H and O–H groups in total. The summed E-state index contributed by atoms with van der Waals surface area (Å²) in [5.41, 5.74) is 1.05. The quantitative estimate of drug-likeness (QED) is 0.385. The lowest BCUT2D eigenvalue weighted by atomic mass is 9.95. The van der Waals surface area contributed by atoms with Crippen molar-refractivity contribution in [3.8, 4) is 0 Å². The molecule has 0 spiro atoms. The van der Waals surface area contributed by atoms with E-state index in [0.29, 0.717) is 11.3 Å². The van der Waals surface area contributed by atoms with Gasteiger partial charge < -0.3 is 10.6 Å². The second kappa shape index (κ2) is 5.92. The number of nitro benzene ring substituents is 1. The number of nitrogens with one attached hydrogen (secondary N) is 2. The number of benzene rings is 2. The predicted octanol–water partition coefficient (Wildman–Crippen LogP) is 1.84. The van der Waals surface area contributed by atoms with Crippen LogP contribution in [0.4, 0.5) is 17.1 Å². The van der Waals surface area contributed by atoms with Crippen LogP contribution in [0.25, 0.3) is 0 Å². The largest absolute Gasteiger partial charge is 0.325 e. The van der Waals surface area contributed by atoms with Crippen LogP contribution in [0.1, 0.15) is 11.5 Å². The molecule has 1 heterocycles. The highest BCUT2D eigenvalue weighted by Crippen LogP contribution is 2.32. The van der Waals surface area contributed by atoms with Crippen LogP contribution in [-0.4, -0.2) is 22.5 Å². The highest BCUT2D eigenvalue weighted by molar-refractivity contribution is 6.47.